The van der Waals surface area contributed by atoms with Gasteiger partial charge in [0.05, 0.1) is 12.1 Å². The van der Waals surface area contributed by atoms with Crippen molar-refractivity contribution in [3.05, 3.63) is 22.8 Å². The first-order valence-electron chi connectivity index (χ1n) is 3.02. The van der Waals surface area contributed by atoms with Crippen LogP contribution < -0.4 is 4.74 Å². The minimum absolute atomic E-state index is 0.587. The predicted octanol–water partition coefficient (Wildman–Crippen LogP) is 2.64. The van der Waals surface area contributed by atoms with E-state index in [1.807, 2.05) is 0 Å². The van der Waals surface area contributed by atoms with Crippen LogP contribution in [-0.4, -0.2) is 12.1 Å². The average Bonchev–Trinajstić information content (AvgIpc) is 2.05. The van der Waals surface area contributed by atoms with Gasteiger partial charge >= 0.3 is 0 Å². The molecule has 0 aliphatic carbocycles. The number of halogens is 2. The minimum atomic E-state index is 0.587. The Morgan fingerprint density at radius 1 is 1.73 bits per heavy atom. The van der Waals surface area contributed by atoms with E-state index in [0.717, 1.165) is 5.56 Å². The average molecular weight is 236 g/mol. The highest BCUT2D eigenvalue weighted by molar-refractivity contribution is 9.08. The Bertz CT molecular complexity index is 254. The van der Waals surface area contributed by atoms with Gasteiger partial charge in [-0.3, -0.25) is 0 Å². The third-order valence-electron chi connectivity index (χ3n) is 1.26. The van der Waals surface area contributed by atoms with Crippen molar-refractivity contribution in [2.24, 2.45) is 0 Å². The summed E-state index contributed by atoms with van der Waals surface area (Å²) in [7, 11) is 1.58. The molecular formula is C7H7BrClNO. The lowest BCUT2D eigenvalue weighted by Crippen LogP contribution is -1.89. The Morgan fingerprint density at radius 3 is 3.00 bits per heavy atom. The van der Waals surface area contributed by atoms with E-state index in [-0.39, 0.29) is 0 Å². The second-order valence-electron chi connectivity index (χ2n) is 1.95. The zero-order valence-electron chi connectivity index (χ0n) is 5.97. The Labute approximate surface area is 78.7 Å². The van der Waals surface area contributed by atoms with Crippen LogP contribution >= 0.6 is 27.5 Å². The summed E-state index contributed by atoms with van der Waals surface area (Å²) in [5.74, 6) is 0.587. The Morgan fingerprint density at radius 2 is 2.45 bits per heavy atom. The molecule has 0 aliphatic heterocycles. The molecule has 1 heterocycles. The fourth-order valence-electron chi connectivity index (χ4n) is 0.672. The van der Waals surface area contributed by atoms with Crippen molar-refractivity contribution in [1.82, 2.24) is 4.98 Å². The maximum Gasteiger partial charge on any atom is 0.213 e. The molecule has 0 radical (unpaired) electrons. The van der Waals surface area contributed by atoms with E-state index in [9.17, 15) is 0 Å². The second-order valence-corrected chi connectivity index (χ2v) is 2.92. The van der Waals surface area contributed by atoms with Crippen molar-refractivity contribution in [2.75, 3.05) is 7.11 Å². The first-order chi connectivity index (χ1) is 5.27. The molecule has 0 N–H and O–H groups in total. The highest BCUT2D eigenvalue weighted by Crippen LogP contribution is 2.20. The van der Waals surface area contributed by atoms with Crippen LogP contribution in [0.5, 0.6) is 5.88 Å². The summed E-state index contributed by atoms with van der Waals surface area (Å²) in [5, 5.41) is 1.37. The molecule has 1 aromatic rings. The van der Waals surface area contributed by atoms with Crippen molar-refractivity contribution < 1.29 is 4.74 Å². The smallest absolute Gasteiger partial charge is 0.213 e. The fraction of sp³-hybridized carbons (Fsp3) is 0.286. The normalized spacial score (nSPS) is 9.73. The predicted molar refractivity (Wildman–Crippen MR) is 48.4 cm³/mol. The van der Waals surface area contributed by atoms with Crippen LogP contribution in [0.3, 0.4) is 0 Å². The molecule has 0 atom stereocenters. The van der Waals surface area contributed by atoms with Crippen molar-refractivity contribution >= 4 is 27.5 Å². The maximum absolute atomic E-state index is 5.81. The van der Waals surface area contributed by atoms with Gasteiger partial charge in [0.1, 0.15) is 0 Å². The number of alkyl halides is 1. The Hall–Kier alpha value is -0.280. The molecule has 0 amide bonds. The first kappa shape index (κ1) is 8.81. The van der Waals surface area contributed by atoms with Gasteiger partial charge in [-0.05, 0) is 5.56 Å². The zero-order valence-corrected chi connectivity index (χ0v) is 8.32. The maximum atomic E-state index is 5.81. The lowest BCUT2D eigenvalue weighted by atomic mass is 10.3. The van der Waals surface area contributed by atoms with Gasteiger partial charge in [-0.25, -0.2) is 4.98 Å². The van der Waals surface area contributed by atoms with Crippen LogP contribution in [0.4, 0.5) is 0 Å². The van der Waals surface area contributed by atoms with Gasteiger partial charge in [0.15, 0.2) is 0 Å². The standard InChI is InChI=1S/C7H7BrClNO/c1-11-7-2-5(3-8)6(9)4-10-7/h2,4H,3H2,1H3. The topological polar surface area (TPSA) is 22.1 Å². The Kier molecular flexibility index (Phi) is 3.15. The highest BCUT2D eigenvalue weighted by Gasteiger charge is 2.00. The SMILES string of the molecule is COc1cc(CBr)c(Cl)cn1. The summed E-state index contributed by atoms with van der Waals surface area (Å²) >= 11 is 9.11. The van der Waals surface area contributed by atoms with Gasteiger partial charge in [0.25, 0.3) is 0 Å². The molecule has 60 valence electrons. The van der Waals surface area contributed by atoms with Crippen LogP contribution in [-0.2, 0) is 5.33 Å². The highest BCUT2D eigenvalue weighted by atomic mass is 79.9. The lowest BCUT2D eigenvalue weighted by molar-refractivity contribution is 0.397. The van der Waals surface area contributed by atoms with Gasteiger partial charge in [-0.15, -0.1) is 0 Å². The number of hydrogen-bond acceptors (Lipinski definition) is 2. The summed E-state index contributed by atoms with van der Waals surface area (Å²) in [5.41, 5.74) is 0.985. The van der Waals surface area contributed by atoms with Crippen LogP contribution in [0.25, 0.3) is 0 Å². The number of pyridine rings is 1. The molecule has 2 nitrogen and oxygen atoms in total. The van der Waals surface area contributed by atoms with E-state index in [1.54, 1.807) is 19.4 Å². The zero-order chi connectivity index (χ0) is 8.27. The van der Waals surface area contributed by atoms with Crippen molar-refractivity contribution in [3.63, 3.8) is 0 Å². The molecule has 0 fully saturated rings. The molecule has 0 unspecified atom stereocenters. The quantitative estimate of drug-likeness (QED) is 0.737. The van der Waals surface area contributed by atoms with E-state index >= 15 is 0 Å². The molecule has 1 rings (SSSR count). The largest absolute Gasteiger partial charge is 0.481 e. The summed E-state index contributed by atoms with van der Waals surface area (Å²) in [6.45, 7) is 0. The molecule has 1 aromatic heterocycles. The lowest BCUT2D eigenvalue weighted by Gasteiger charge is -2.01. The molecule has 0 aromatic carbocycles. The van der Waals surface area contributed by atoms with Gasteiger partial charge in [0.2, 0.25) is 5.88 Å². The number of nitrogens with zero attached hydrogens (tertiary/aromatic N) is 1. The monoisotopic (exact) mass is 235 g/mol. The van der Waals surface area contributed by atoms with Gasteiger partial charge < -0.3 is 4.74 Å². The number of aromatic nitrogens is 1. The summed E-state index contributed by atoms with van der Waals surface area (Å²) in [4.78, 5) is 3.93. The number of rotatable bonds is 2. The summed E-state index contributed by atoms with van der Waals surface area (Å²) in [6.07, 6.45) is 1.58. The van der Waals surface area contributed by atoms with Gasteiger partial charge in [-0.2, -0.15) is 0 Å². The molecule has 0 saturated heterocycles. The van der Waals surface area contributed by atoms with E-state index in [1.165, 1.54) is 0 Å². The first-order valence-corrected chi connectivity index (χ1v) is 4.52. The fourth-order valence-corrected chi connectivity index (χ4v) is 1.47. The van der Waals surface area contributed by atoms with Crippen molar-refractivity contribution in [3.8, 4) is 5.88 Å². The van der Waals surface area contributed by atoms with Crippen molar-refractivity contribution in [1.29, 1.82) is 0 Å². The minimum Gasteiger partial charge on any atom is -0.481 e. The van der Waals surface area contributed by atoms with E-state index in [2.05, 4.69) is 20.9 Å². The van der Waals surface area contributed by atoms with Crippen LogP contribution in [0.2, 0.25) is 5.02 Å². The molecular weight excluding hydrogens is 229 g/mol. The van der Waals surface area contributed by atoms with Crippen LogP contribution in [0, 0.1) is 0 Å². The van der Waals surface area contributed by atoms with Crippen LogP contribution in [0.15, 0.2) is 12.3 Å². The number of hydrogen-bond donors (Lipinski definition) is 0. The third kappa shape index (κ3) is 2.07. The van der Waals surface area contributed by atoms with E-state index < -0.39 is 0 Å². The number of ether oxygens (including phenoxy) is 1. The second kappa shape index (κ2) is 3.93. The third-order valence-corrected chi connectivity index (χ3v) is 2.21. The van der Waals surface area contributed by atoms with Gasteiger partial charge in [-0.1, -0.05) is 27.5 Å². The van der Waals surface area contributed by atoms with E-state index in [0.29, 0.717) is 16.2 Å². The molecule has 0 saturated carbocycles. The van der Waals surface area contributed by atoms with Crippen molar-refractivity contribution in [2.45, 2.75) is 5.33 Å². The number of methoxy groups -OCH3 is 1. The molecule has 4 heteroatoms. The molecule has 0 bridgehead atoms. The molecule has 0 aliphatic rings. The molecule has 0 spiro atoms. The summed E-state index contributed by atoms with van der Waals surface area (Å²) < 4.78 is 4.92. The molecule has 11 heavy (non-hydrogen) atoms. The van der Waals surface area contributed by atoms with E-state index in [4.69, 9.17) is 16.3 Å². The van der Waals surface area contributed by atoms with Crippen LogP contribution in [0.1, 0.15) is 5.56 Å². The summed E-state index contributed by atoms with van der Waals surface area (Å²) in [6, 6.07) is 1.80. The van der Waals surface area contributed by atoms with Gasteiger partial charge in [0, 0.05) is 17.6 Å². The Balaban J connectivity index is 3.02.